The second kappa shape index (κ2) is 6.74. The van der Waals surface area contributed by atoms with Crippen molar-refractivity contribution in [3.05, 3.63) is 6.33 Å². The highest BCUT2D eigenvalue weighted by Gasteiger charge is 2.20. The Morgan fingerprint density at radius 2 is 2.35 bits per heavy atom. The van der Waals surface area contributed by atoms with E-state index in [9.17, 15) is 9.59 Å². The van der Waals surface area contributed by atoms with Crippen LogP contribution < -0.4 is 5.32 Å². The molecule has 0 radical (unpaired) electrons. The molecular formula is C12H19N5O2S. The molecule has 0 aliphatic carbocycles. The van der Waals surface area contributed by atoms with E-state index in [2.05, 4.69) is 15.5 Å². The van der Waals surface area contributed by atoms with Crippen LogP contribution in [0.1, 0.15) is 26.3 Å². The van der Waals surface area contributed by atoms with Gasteiger partial charge in [-0.1, -0.05) is 11.8 Å². The number of nitrogens with zero attached hydrogens (tertiary/aromatic N) is 4. The molecule has 2 amide bonds. The maximum Gasteiger partial charge on any atom is 0.239 e. The Labute approximate surface area is 122 Å². The Kier molecular flexibility index (Phi) is 4.99. The smallest absolute Gasteiger partial charge is 0.239 e. The fourth-order valence-corrected chi connectivity index (χ4v) is 2.87. The number of carbonyl (C=O) groups is 2. The quantitative estimate of drug-likeness (QED) is 0.809. The van der Waals surface area contributed by atoms with Gasteiger partial charge in [0.05, 0.1) is 12.3 Å². The number of amides is 2. The predicted octanol–water partition coefficient (Wildman–Crippen LogP) is 0.300. The van der Waals surface area contributed by atoms with Crippen molar-refractivity contribution in [2.24, 2.45) is 0 Å². The van der Waals surface area contributed by atoms with Crippen molar-refractivity contribution in [2.75, 3.05) is 25.4 Å². The van der Waals surface area contributed by atoms with Crippen molar-refractivity contribution in [1.29, 1.82) is 0 Å². The zero-order chi connectivity index (χ0) is 14.5. The SMILES string of the molecule is CC(C)n1cnnc1SCC(=O)N1CCCNC(=O)C1. The zero-order valence-electron chi connectivity index (χ0n) is 11.7. The van der Waals surface area contributed by atoms with E-state index in [1.54, 1.807) is 11.2 Å². The van der Waals surface area contributed by atoms with Gasteiger partial charge in [0.1, 0.15) is 6.33 Å². The number of rotatable bonds is 4. The average molecular weight is 297 g/mol. The van der Waals surface area contributed by atoms with Crippen molar-refractivity contribution >= 4 is 23.6 Å². The molecule has 20 heavy (non-hydrogen) atoms. The summed E-state index contributed by atoms with van der Waals surface area (Å²) in [5.41, 5.74) is 0. The Hall–Kier alpha value is -1.57. The number of aromatic nitrogens is 3. The molecule has 1 aromatic heterocycles. The summed E-state index contributed by atoms with van der Waals surface area (Å²) in [5.74, 6) is 0.148. The molecule has 0 bridgehead atoms. The number of carbonyl (C=O) groups excluding carboxylic acids is 2. The minimum atomic E-state index is -0.0915. The maximum atomic E-state index is 12.1. The van der Waals surface area contributed by atoms with Crippen LogP contribution in [-0.4, -0.2) is 56.9 Å². The topological polar surface area (TPSA) is 80.1 Å². The fourth-order valence-electron chi connectivity index (χ4n) is 1.93. The van der Waals surface area contributed by atoms with Gasteiger partial charge in [-0.2, -0.15) is 0 Å². The monoisotopic (exact) mass is 297 g/mol. The molecular weight excluding hydrogens is 278 g/mol. The van der Waals surface area contributed by atoms with Crippen LogP contribution in [0.25, 0.3) is 0 Å². The lowest BCUT2D eigenvalue weighted by molar-refractivity contribution is -0.133. The summed E-state index contributed by atoms with van der Waals surface area (Å²) in [4.78, 5) is 25.2. The van der Waals surface area contributed by atoms with Gasteiger partial charge in [0, 0.05) is 19.1 Å². The summed E-state index contributed by atoms with van der Waals surface area (Å²) in [7, 11) is 0. The highest BCUT2D eigenvalue weighted by molar-refractivity contribution is 7.99. The Bertz CT molecular complexity index is 488. The van der Waals surface area contributed by atoms with Crippen LogP contribution in [0.15, 0.2) is 11.5 Å². The number of thioether (sulfide) groups is 1. The molecule has 0 atom stereocenters. The second-order valence-corrected chi connectivity index (χ2v) is 5.86. The molecule has 1 saturated heterocycles. The van der Waals surface area contributed by atoms with Gasteiger partial charge in [-0.25, -0.2) is 0 Å². The molecule has 8 heteroatoms. The van der Waals surface area contributed by atoms with Crippen molar-refractivity contribution in [1.82, 2.24) is 25.0 Å². The molecule has 1 fully saturated rings. The minimum Gasteiger partial charge on any atom is -0.354 e. The van der Waals surface area contributed by atoms with Gasteiger partial charge in [0.2, 0.25) is 11.8 Å². The van der Waals surface area contributed by atoms with Gasteiger partial charge in [-0.15, -0.1) is 10.2 Å². The molecule has 1 N–H and O–H groups in total. The summed E-state index contributed by atoms with van der Waals surface area (Å²) >= 11 is 1.36. The molecule has 2 heterocycles. The molecule has 110 valence electrons. The summed E-state index contributed by atoms with van der Waals surface area (Å²) in [6, 6.07) is 0.256. The fraction of sp³-hybridized carbons (Fsp3) is 0.667. The highest BCUT2D eigenvalue weighted by atomic mass is 32.2. The van der Waals surface area contributed by atoms with E-state index in [-0.39, 0.29) is 30.2 Å². The van der Waals surface area contributed by atoms with Crippen LogP contribution in [0, 0.1) is 0 Å². The Morgan fingerprint density at radius 1 is 1.55 bits per heavy atom. The normalized spacial score (nSPS) is 16.1. The zero-order valence-corrected chi connectivity index (χ0v) is 12.5. The predicted molar refractivity (Wildman–Crippen MR) is 75.3 cm³/mol. The lowest BCUT2D eigenvalue weighted by atomic mass is 10.4. The van der Waals surface area contributed by atoms with E-state index in [1.165, 1.54) is 11.8 Å². The first-order valence-corrected chi connectivity index (χ1v) is 7.63. The van der Waals surface area contributed by atoms with Crippen LogP contribution in [0.2, 0.25) is 0 Å². The van der Waals surface area contributed by atoms with Crippen molar-refractivity contribution < 1.29 is 9.59 Å². The van der Waals surface area contributed by atoms with Gasteiger partial charge in [0.15, 0.2) is 5.16 Å². The first-order valence-electron chi connectivity index (χ1n) is 6.64. The van der Waals surface area contributed by atoms with E-state index < -0.39 is 0 Å². The molecule has 0 unspecified atom stereocenters. The van der Waals surface area contributed by atoms with Crippen molar-refractivity contribution in [3.63, 3.8) is 0 Å². The maximum absolute atomic E-state index is 12.1. The van der Waals surface area contributed by atoms with Gasteiger partial charge in [-0.3, -0.25) is 9.59 Å². The van der Waals surface area contributed by atoms with E-state index >= 15 is 0 Å². The average Bonchev–Trinajstić information content (AvgIpc) is 2.77. The minimum absolute atomic E-state index is 0.0367. The van der Waals surface area contributed by atoms with Crippen LogP contribution in [0.5, 0.6) is 0 Å². The third-order valence-electron chi connectivity index (χ3n) is 3.04. The summed E-state index contributed by atoms with van der Waals surface area (Å²) in [6.45, 7) is 5.48. The first-order chi connectivity index (χ1) is 9.58. The van der Waals surface area contributed by atoms with Crippen LogP contribution in [0.4, 0.5) is 0 Å². The third kappa shape index (κ3) is 3.72. The summed E-state index contributed by atoms with van der Waals surface area (Å²) in [5, 5.41) is 11.4. The van der Waals surface area contributed by atoms with E-state index in [4.69, 9.17) is 0 Å². The Morgan fingerprint density at radius 3 is 3.10 bits per heavy atom. The molecule has 7 nitrogen and oxygen atoms in total. The lowest BCUT2D eigenvalue weighted by Gasteiger charge is -2.18. The lowest BCUT2D eigenvalue weighted by Crippen LogP contribution is -2.38. The number of hydrogen-bond donors (Lipinski definition) is 1. The molecule has 0 aromatic carbocycles. The number of nitrogens with one attached hydrogen (secondary N) is 1. The molecule has 1 aliphatic rings. The standard InChI is InChI=1S/C12H19N5O2S/c1-9(2)17-8-14-15-12(17)20-7-11(19)16-5-3-4-13-10(18)6-16/h8-9H,3-7H2,1-2H3,(H,13,18). The summed E-state index contributed by atoms with van der Waals surface area (Å²) < 4.78 is 1.92. The van der Waals surface area contributed by atoms with E-state index in [1.807, 2.05) is 18.4 Å². The summed E-state index contributed by atoms with van der Waals surface area (Å²) in [6.07, 6.45) is 2.46. The van der Waals surface area contributed by atoms with Gasteiger partial charge in [-0.05, 0) is 20.3 Å². The van der Waals surface area contributed by atoms with Crippen molar-refractivity contribution in [2.45, 2.75) is 31.5 Å². The second-order valence-electron chi connectivity index (χ2n) is 4.92. The molecule has 0 spiro atoms. The third-order valence-corrected chi connectivity index (χ3v) is 3.98. The van der Waals surface area contributed by atoms with Gasteiger partial charge in [0.25, 0.3) is 0 Å². The van der Waals surface area contributed by atoms with Crippen molar-refractivity contribution in [3.8, 4) is 0 Å². The molecule has 2 rings (SSSR count). The molecule has 0 saturated carbocycles. The largest absolute Gasteiger partial charge is 0.354 e. The van der Waals surface area contributed by atoms with Crippen LogP contribution >= 0.6 is 11.8 Å². The van der Waals surface area contributed by atoms with Crippen LogP contribution in [-0.2, 0) is 9.59 Å². The molecule has 1 aromatic rings. The van der Waals surface area contributed by atoms with E-state index in [0.29, 0.717) is 13.1 Å². The first kappa shape index (κ1) is 14.8. The van der Waals surface area contributed by atoms with Gasteiger partial charge >= 0.3 is 0 Å². The number of hydrogen-bond acceptors (Lipinski definition) is 5. The highest BCUT2D eigenvalue weighted by Crippen LogP contribution is 2.19. The Balaban J connectivity index is 1.91. The van der Waals surface area contributed by atoms with E-state index in [0.717, 1.165) is 11.6 Å². The van der Waals surface area contributed by atoms with Crippen LogP contribution in [0.3, 0.4) is 0 Å². The molecule has 1 aliphatic heterocycles. The van der Waals surface area contributed by atoms with Gasteiger partial charge < -0.3 is 14.8 Å².